The van der Waals surface area contributed by atoms with E-state index in [1.807, 2.05) is 12.1 Å². The van der Waals surface area contributed by atoms with Crippen molar-refractivity contribution in [3.8, 4) is 11.8 Å². The van der Waals surface area contributed by atoms with Gasteiger partial charge in [0.2, 0.25) is 0 Å². The van der Waals surface area contributed by atoms with Crippen molar-refractivity contribution in [3.05, 3.63) is 53.9 Å². The molecule has 0 radical (unpaired) electrons. The number of pyridine rings is 1. The van der Waals surface area contributed by atoms with E-state index in [9.17, 15) is 5.11 Å². The van der Waals surface area contributed by atoms with E-state index in [0.29, 0.717) is 31.7 Å². The van der Waals surface area contributed by atoms with Crippen molar-refractivity contribution in [3.63, 3.8) is 0 Å². The number of nitrogens with zero attached hydrogens (tertiary/aromatic N) is 3. The Morgan fingerprint density at radius 1 is 1.29 bits per heavy atom. The molecule has 1 aromatic carbocycles. The fraction of sp³-hybridized carbons (Fsp3) is 0.250. The van der Waals surface area contributed by atoms with Crippen molar-refractivity contribution >= 4 is 5.69 Å². The van der Waals surface area contributed by atoms with E-state index in [4.69, 9.17) is 11.0 Å². The highest BCUT2D eigenvalue weighted by atomic mass is 16.3. The third kappa shape index (κ3) is 4.48. The number of nitriles is 1. The molecular weight excluding hydrogens is 264 g/mol. The second kappa shape index (κ2) is 7.27. The van der Waals surface area contributed by atoms with Gasteiger partial charge in [-0.3, -0.25) is 9.88 Å². The van der Waals surface area contributed by atoms with Crippen LogP contribution in [0.3, 0.4) is 0 Å². The summed E-state index contributed by atoms with van der Waals surface area (Å²) in [6.45, 7) is 1.83. The smallest absolute Gasteiger partial charge is 0.120 e. The molecule has 0 fully saturated rings. The van der Waals surface area contributed by atoms with Crippen LogP contribution in [0.15, 0.2) is 42.7 Å². The van der Waals surface area contributed by atoms with E-state index in [0.717, 1.165) is 11.1 Å². The number of aromatic hydroxyl groups is 1. The lowest BCUT2D eigenvalue weighted by Gasteiger charge is -2.22. The molecule has 5 heteroatoms. The molecule has 5 nitrogen and oxygen atoms in total. The predicted molar refractivity (Wildman–Crippen MR) is 81.1 cm³/mol. The van der Waals surface area contributed by atoms with Crippen LogP contribution in [-0.2, 0) is 13.1 Å². The maximum Gasteiger partial charge on any atom is 0.120 e. The molecule has 2 rings (SSSR count). The second-order valence-electron chi connectivity index (χ2n) is 4.87. The molecule has 1 aromatic heterocycles. The van der Waals surface area contributed by atoms with Crippen molar-refractivity contribution in [2.75, 3.05) is 12.3 Å². The van der Waals surface area contributed by atoms with Crippen LogP contribution in [0.5, 0.6) is 5.75 Å². The second-order valence-corrected chi connectivity index (χ2v) is 4.87. The Hall–Kier alpha value is -2.58. The maximum absolute atomic E-state index is 9.92. The summed E-state index contributed by atoms with van der Waals surface area (Å²) in [4.78, 5) is 6.19. The average molecular weight is 282 g/mol. The molecule has 3 N–H and O–H groups in total. The highest BCUT2D eigenvalue weighted by molar-refractivity contribution is 5.47. The molecule has 0 aliphatic rings. The van der Waals surface area contributed by atoms with E-state index >= 15 is 0 Å². The van der Waals surface area contributed by atoms with E-state index in [1.54, 1.807) is 30.6 Å². The number of rotatable bonds is 6. The fourth-order valence-electron chi connectivity index (χ4n) is 2.14. The van der Waals surface area contributed by atoms with E-state index in [1.165, 1.54) is 0 Å². The van der Waals surface area contributed by atoms with E-state index in [-0.39, 0.29) is 5.75 Å². The van der Waals surface area contributed by atoms with Gasteiger partial charge in [0, 0.05) is 49.7 Å². The van der Waals surface area contributed by atoms with Crippen LogP contribution >= 0.6 is 0 Å². The normalized spacial score (nSPS) is 10.5. The van der Waals surface area contributed by atoms with Crippen LogP contribution in [0.4, 0.5) is 5.69 Å². The number of benzene rings is 1. The van der Waals surface area contributed by atoms with Gasteiger partial charge in [0.05, 0.1) is 6.07 Å². The first-order valence-corrected chi connectivity index (χ1v) is 6.74. The Bertz CT molecular complexity index is 622. The number of nitrogens with two attached hydrogens (primary N) is 1. The SMILES string of the molecule is N#CCCN(Cc1cccnc1)Cc1cc(N)ccc1O. The molecule has 1 heterocycles. The maximum atomic E-state index is 9.92. The van der Waals surface area contributed by atoms with Crippen molar-refractivity contribution in [2.45, 2.75) is 19.5 Å². The van der Waals surface area contributed by atoms with Crippen molar-refractivity contribution in [2.24, 2.45) is 0 Å². The number of phenols is 1. The first-order valence-electron chi connectivity index (χ1n) is 6.74. The fourth-order valence-corrected chi connectivity index (χ4v) is 2.14. The zero-order chi connectivity index (χ0) is 15.1. The van der Waals surface area contributed by atoms with Gasteiger partial charge in [-0.2, -0.15) is 5.26 Å². The predicted octanol–water partition coefficient (Wildman–Crippen LogP) is 2.29. The molecule has 0 unspecified atom stereocenters. The minimum atomic E-state index is 0.220. The summed E-state index contributed by atoms with van der Waals surface area (Å²) in [5.74, 6) is 0.220. The molecule has 0 saturated heterocycles. The quantitative estimate of drug-likeness (QED) is 0.627. The number of nitrogen functional groups attached to an aromatic ring is 1. The van der Waals surface area contributed by atoms with Gasteiger partial charge in [-0.25, -0.2) is 0 Å². The van der Waals surface area contributed by atoms with Crippen molar-refractivity contribution in [1.29, 1.82) is 5.26 Å². The van der Waals surface area contributed by atoms with Gasteiger partial charge in [-0.05, 0) is 29.8 Å². The lowest BCUT2D eigenvalue weighted by atomic mass is 10.1. The average Bonchev–Trinajstić information content (AvgIpc) is 2.49. The summed E-state index contributed by atoms with van der Waals surface area (Å²) in [6.07, 6.45) is 3.97. The van der Waals surface area contributed by atoms with Crippen LogP contribution in [0, 0.1) is 11.3 Å². The third-order valence-corrected chi connectivity index (χ3v) is 3.17. The number of phenolic OH excluding ortho intramolecular Hbond substituents is 1. The topological polar surface area (TPSA) is 86.2 Å². The van der Waals surface area contributed by atoms with Crippen LogP contribution in [0.2, 0.25) is 0 Å². The van der Waals surface area contributed by atoms with Gasteiger partial charge in [0.15, 0.2) is 0 Å². The number of hydrogen-bond donors (Lipinski definition) is 2. The van der Waals surface area contributed by atoms with Crippen LogP contribution < -0.4 is 5.73 Å². The van der Waals surface area contributed by atoms with Crippen molar-refractivity contribution in [1.82, 2.24) is 9.88 Å². The van der Waals surface area contributed by atoms with Gasteiger partial charge < -0.3 is 10.8 Å². The number of anilines is 1. The third-order valence-electron chi connectivity index (χ3n) is 3.17. The zero-order valence-electron chi connectivity index (χ0n) is 11.7. The summed E-state index contributed by atoms with van der Waals surface area (Å²) in [5, 5.41) is 18.7. The Balaban J connectivity index is 2.12. The molecule has 108 valence electrons. The first-order chi connectivity index (χ1) is 10.2. The molecule has 2 aromatic rings. The van der Waals surface area contributed by atoms with Crippen LogP contribution in [-0.4, -0.2) is 21.5 Å². The van der Waals surface area contributed by atoms with Crippen LogP contribution in [0.1, 0.15) is 17.5 Å². The minimum absolute atomic E-state index is 0.220. The molecule has 0 aliphatic carbocycles. The summed E-state index contributed by atoms with van der Waals surface area (Å²) < 4.78 is 0. The molecule has 0 aliphatic heterocycles. The Morgan fingerprint density at radius 3 is 2.86 bits per heavy atom. The number of hydrogen-bond acceptors (Lipinski definition) is 5. The van der Waals surface area contributed by atoms with Gasteiger partial charge in [-0.1, -0.05) is 6.07 Å². The highest BCUT2D eigenvalue weighted by Crippen LogP contribution is 2.22. The van der Waals surface area contributed by atoms with Gasteiger partial charge in [0.25, 0.3) is 0 Å². The van der Waals surface area contributed by atoms with Gasteiger partial charge in [-0.15, -0.1) is 0 Å². The molecular formula is C16H18N4O. The monoisotopic (exact) mass is 282 g/mol. The summed E-state index contributed by atoms with van der Waals surface area (Å²) in [5.41, 5.74) is 8.21. The molecule has 0 bridgehead atoms. The first kappa shape index (κ1) is 14.8. The number of aromatic nitrogens is 1. The summed E-state index contributed by atoms with van der Waals surface area (Å²) >= 11 is 0. The van der Waals surface area contributed by atoms with E-state index in [2.05, 4.69) is 16.0 Å². The lowest BCUT2D eigenvalue weighted by molar-refractivity contribution is 0.259. The largest absolute Gasteiger partial charge is 0.508 e. The molecule has 0 spiro atoms. The molecule has 0 atom stereocenters. The summed E-state index contributed by atoms with van der Waals surface area (Å²) in [7, 11) is 0. The molecule has 21 heavy (non-hydrogen) atoms. The minimum Gasteiger partial charge on any atom is -0.508 e. The van der Waals surface area contributed by atoms with Gasteiger partial charge >= 0.3 is 0 Å². The highest BCUT2D eigenvalue weighted by Gasteiger charge is 2.10. The van der Waals surface area contributed by atoms with E-state index < -0.39 is 0 Å². The standard InChI is InChI=1S/C16H18N4O/c17-6-2-8-20(11-13-3-1-7-19-10-13)12-14-9-15(18)4-5-16(14)21/h1,3-5,7,9-10,21H,2,8,11-12,18H2. The molecule has 0 saturated carbocycles. The Morgan fingerprint density at radius 2 is 2.14 bits per heavy atom. The lowest BCUT2D eigenvalue weighted by Crippen LogP contribution is -2.24. The Labute approximate surface area is 124 Å². The molecule has 0 amide bonds. The zero-order valence-corrected chi connectivity index (χ0v) is 11.7. The Kier molecular flexibility index (Phi) is 5.13. The summed E-state index contributed by atoms with van der Waals surface area (Å²) in [6, 6.07) is 11.1. The van der Waals surface area contributed by atoms with Crippen LogP contribution in [0.25, 0.3) is 0 Å². The van der Waals surface area contributed by atoms with Gasteiger partial charge in [0.1, 0.15) is 5.75 Å². The van der Waals surface area contributed by atoms with Crippen molar-refractivity contribution < 1.29 is 5.11 Å².